The Labute approximate surface area is 153 Å². The Hall–Kier alpha value is -3.02. The van der Waals surface area contributed by atoms with Gasteiger partial charge < -0.3 is 5.11 Å². The van der Waals surface area contributed by atoms with Crippen LogP contribution >= 0.6 is 0 Å². The summed E-state index contributed by atoms with van der Waals surface area (Å²) in [6.45, 7) is 5.48. The molecule has 0 aliphatic carbocycles. The zero-order valence-corrected chi connectivity index (χ0v) is 15.2. The van der Waals surface area contributed by atoms with Crippen LogP contribution in [-0.2, 0) is 0 Å². The molecule has 1 aromatic carbocycles. The number of nitrogens with zero attached hydrogens (tertiary/aromatic N) is 4. The Morgan fingerprint density at radius 2 is 1.77 bits per heavy atom. The van der Waals surface area contributed by atoms with Gasteiger partial charge in [0, 0.05) is 42.8 Å². The molecular weight excluding hydrogens is 328 g/mol. The Morgan fingerprint density at radius 3 is 2.42 bits per heavy atom. The molecule has 0 saturated heterocycles. The molecule has 0 saturated carbocycles. The zero-order valence-electron chi connectivity index (χ0n) is 15.2. The molecule has 1 amide bonds. The quantitative estimate of drug-likeness (QED) is 0.674. The highest BCUT2D eigenvalue weighted by Gasteiger charge is 2.16. The number of carboxylic acid groups (broad SMARTS) is 1. The fraction of sp³-hybridized carbons (Fsp3) is 0.300. The van der Waals surface area contributed by atoms with Crippen molar-refractivity contribution in [1.82, 2.24) is 9.66 Å². The first-order valence-corrected chi connectivity index (χ1v) is 8.95. The summed E-state index contributed by atoms with van der Waals surface area (Å²) in [4.78, 5) is 17.0. The van der Waals surface area contributed by atoms with Gasteiger partial charge in [-0.2, -0.15) is 0 Å². The molecule has 0 bridgehead atoms. The van der Waals surface area contributed by atoms with Gasteiger partial charge in [0.15, 0.2) is 0 Å². The van der Waals surface area contributed by atoms with Gasteiger partial charge in [0.1, 0.15) is 0 Å². The molecule has 2 aromatic heterocycles. The lowest BCUT2D eigenvalue weighted by Gasteiger charge is -2.26. The molecule has 0 unspecified atom stereocenters. The molecule has 0 spiro atoms. The first-order valence-electron chi connectivity index (χ1n) is 8.95. The minimum absolute atomic E-state index is 0.487. The Bertz CT molecular complexity index is 876. The van der Waals surface area contributed by atoms with Crippen LogP contribution < -0.4 is 9.91 Å². The molecule has 26 heavy (non-hydrogen) atoms. The molecule has 0 fully saturated rings. The number of pyridine rings is 1. The van der Waals surface area contributed by atoms with Crippen LogP contribution in [0.25, 0.3) is 10.9 Å². The van der Waals surface area contributed by atoms with E-state index >= 15 is 0 Å². The average Bonchev–Trinajstić information content (AvgIpc) is 3.07. The molecule has 136 valence electrons. The largest absolute Gasteiger partial charge is 0.465 e. The lowest BCUT2D eigenvalue weighted by Crippen LogP contribution is -2.30. The van der Waals surface area contributed by atoms with Crippen molar-refractivity contribution < 1.29 is 9.90 Å². The Morgan fingerprint density at radius 1 is 1.04 bits per heavy atom. The van der Waals surface area contributed by atoms with E-state index in [1.165, 1.54) is 4.90 Å². The van der Waals surface area contributed by atoms with Crippen LogP contribution in [0.3, 0.4) is 0 Å². The van der Waals surface area contributed by atoms with Gasteiger partial charge in [-0.1, -0.05) is 13.8 Å². The van der Waals surface area contributed by atoms with E-state index in [2.05, 4.69) is 21.6 Å². The summed E-state index contributed by atoms with van der Waals surface area (Å²) in [5.41, 5.74) is 2.82. The highest BCUT2D eigenvalue weighted by Crippen LogP contribution is 2.26. The molecule has 0 radical (unpaired) electrons. The second-order valence-corrected chi connectivity index (χ2v) is 6.17. The van der Waals surface area contributed by atoms with E-state index in [1.807, 2.05) is 49.5 Å². The molecule has 6 nitrogen and oxygen atoms in total. The van der Waals surface area contributed by atoms with Crippen molar-refractivity contribution in [3.8, 4) is 0 Å². The first kappa shape index (κ1) is 17.8. The molecular formula is C20H24N4O2. The van der Waals surface area contributed by atoms with Crippen molar-refractivity contribution >= 4 is 28.4 Å². The molecule has 2 heterocycles. The summed E-state index contributed by atoms with van der Waals surface area (Å²) >= 11 is 0. The van der Waals surface area contributed by atoms with Gasteiger partial charge in [0.2, 0.25) is 0 Å². The van der Waals surface area contributed by atoms with E-state index in [0.717, 1.165) is 36.0 Å². The molecule has 3 rings (SSSR count). The molecule has 1 N–H and O–H groups in total. The third-order valence-corrected chi connectivity index (χ3v) is 4.30. The average molecular weight is 352 g/mol. The topological polar surface area (TPSA) is 61.6 Å². The number of benzene rings is 1. The summed E-state index contributed by atoms with van der Waals surface area (Å²) in [6.07, 6.45) is 6.46. The van der Waals surface area contributed by atoms with Crippen LogP contribution in [0.15, 0.2) is 55.0 Å². The highest BCUT2D eigenvalue weighted by atomic mass is 16.4. The Kier molecular flexibility index (Phi) is 5.41. The number of fused-ring (bicyclic) bond motifs is 1. The van der Waals surface area contributed by atoms with E-state index in [4.69, 9.17) is 0 Å². The molecule has 6 heteroatoms. The second kappa shape index (κ2) is 7.91. The minimum Gasteiger partial charge on any atom is -0.465 e. The van der Waals surface area contributed by atoms with Crippen molar-refractivity contribution in [2.24, 2.45) is 0 Å². The van der Waals surface area contributed by atoms with E-state index in [0.29, 0.717) is 12.2 Å². The third-order valence-electron chi connectivity index (χ3n) is 4.30. The summed E-state index contributed by atoms with van der Waals surface area (Å²) in [6, 6.07) is 11.8. The van der Waals surface area contributed by atoms with Gasteiger partial charge in [-0.25, -0.2) is 4.79 Å². The van der Waals surface area contributed by atoms with Gasteiger partial charge in [-0.05, 0) is 49.2 Å². The standard InChI is InChI=1S/C20H24N4O2/c1-3-12-22(20(25)26)18-5-6-19-16(15-18)9-14-24(19)23(13-4-2)17-7-10-21-11-8-17/h5-11,14-15H,3-4,12-13H2,1-2H3,(H,25,26). The monoisotopic (exact) mass is 352 g/mol. The van der Waals surface area contributed by atoms with Crippen LogP contribution in [0.2, 0.25) is 0 Å². The minimum atomic E-state index is -0.921. The van der Waals surface area contributed by atoms with Crippen LogP contribution in [-0.4, -0.2) is 33.9 Å². The number of aromatic nitrogens is 2. The molecule has 3 aromatic rings. The smallest absolute Gasteiger partial charge is 0.411 e. The zero-order chi connectivity index (χ0) is 18.5. The first-order chi connectivity index (χ1) is 12.7. The summed E-state index contributed by atoms with van der Waals surface area (Å²) in [5, 5.41) is 12.7. The number of carbonyl (C=O) groups is 1. The van der Waals surface area contributed by atoms with Gasteiger partial charge in [-0.3, -0.25) is 19.6 Å². The maximum atomic E-state index is 11.5. The van der Waals surface area contributed by atoms with Crippen LogP contribution in [0.4, 0.5) is 16.2 Å². The molecule has 0 aliphatic heterocycles. The number of hydrogen-bond acceptors (Lipinski definition) is 3. The van der Waals surface area contributed by atoms with Crippen molar-refractivity contribution in [2.75, 3.05) is 23.0 Å². The van der Waals surface area contributed by atoms with E-state index in [-0.39, 0.29) is 0 Å². The molecule has 0 aliphatic rings. The van der Waals surface area contributed by atoms with Crippen molar-refractivity contribution in [3.63, 3.8) is 0 Å². The number of hydrogen-bond donors (Lipinski definition) is 1. The second-order valence-electron chi connectivity index (χ2n) is 6.17. The van der Waals surface area contributed by atoms with Gasteiger partial charge in [0.25, 0.3) is 0 Å². The predicted molar refractivity (Wildman–Crippen MR) is 105 cm³/mol. The summed E-state index contributed by atoms with van der Waals surface area (Å²) in [5.74, 6) is 0. The van der Waals surface area contributed by atoms with Crippen molar-refractivity contribution in [3.05, 3.63) is 55.0 Å². The maximum absolute atomic E-state index is 11.5. The van der Waals surface area contributed by atoms with Crippen LogP contribution in [0, 0.1) is 0 Å². The normalized spacial score (nSPS) is 10.8. The fourth-order valence-electron chi connectivity index (χ4n) is 3.14. The maximum Gasteiger partial charge on any atom is 0.411 e. The van der Waals surface area contributed by atoms with Crippen LogP contribution in [0.5, 0.6) is 0 Å². The molecule has 0 atom stereocenters. The summed E-state index contributed by atoms with van der Waals surface area (Å²) in [7, 11) is 0. The number of anilines is 2. The highest BCUT2D eigenvalue weighted by molar-refractivity contribution is 5.91. The van der Waals surface area contributed by atoms with Crippen molar-refractivity contribution in [1.29, 1.82) is 0 Å². The fourth-order valence-corrected chi connectivity index (χ4v) is 3.14. The van der Waals surface area contributed by atoms with Gasteiger partial charge in [-0.15, -0.1) is 0 Å². The van der Waals surface area contributed by atoms with E-state index in [9.17, 15) is 9.90 Å². The van der Waals surface area contributed by atoms with Crippen molar-refractivity contribution in [2.45, 2.75) is 26.7 Å². The van der Waals surface area contributed by atoms with Gasteiger partial charge in [0.05, 0.1) is 11.2 Å². The van der Waals surface area contributed by atoms with E-state index in [1.54, 1.807) is 12.4 Å². The van der Waals surface area contributed by atoms with Crippen LogP contribution in [0.1, 0.15) is 26.7 Å². The Balaban J connectivity index is 2.01. The lowest BCUT2D eigenvalue weighted by molar-refractivity contribution is 0.202. The lowest BCUT2D eigenvalue weighted by atomic mass is 10.2. The van der Waals surface area contributed by atoms with Gasteiger partial charge >= 0.3 is 6.09 Å². The SMILES string of the molecule is CCCN(C(=O)O)c1ccc2c(ccn2N(CCC)c2ccncc2)c1. The number of rotatable bonds is 7. The van der Waals surface area contributed by atoms with E-state index < -0.39 is 6.09 Å². The summed E-state index contributed by atoms with van der Waals surface area (Å²) < 4.78 is 2.11. The predicted octanol–water partition coefficient (Wildman–Crippen LogP) is 4.61. The third kappa shape index (κ3) is 3.49. The number of amides is 1.